The number of hydrogen-bond acceptors (Lipinski definition) is 5. The Morgan fingerprint density at radius 1 is 0.957 bits per heavy atom. The smallest absolute Gasteiger partial charge is 0.196 e. The monoisotopic (exact) mass is 320 g/mol. The summed E-state index contributed by atoms with van der Waals surface area (Å²) in [7, 11) is 0. The van der Waals surface area contributed by atoms with Crippen LogP contribution < -0.4 is 0 Å². The van der Waals surface area contributed by atoms with Crippen LogP contribution in [0.1, 0.15) is 0 Å². The van der Waals surface area contributed by atoms with Gasteiger partial charge in [-0.15, -0.1) is 0 Å². The highest BCUT2D eigenvalue weighted by Crippen LogP contribution is 2.29. The lowest BCUT2D eigenvalue weighted by Gasteiger charge is -2.07. The highest BCUT2D eigenvalue weighted by Gasteiger charge is 2.10. The molecule has 4 aromatic rings. The number of rotatable bonds is 3. The van der Waals surface area contributed by atoms with Crippen LogP contribution in [-0.2, 0) is 0 Å². The zero-order valence-electron chi connectivity index (χ0n) is 12.0. The van der Waals surface area contributed by atoms with Crippen LogP contribution >= 0.6 is 11.8 Å². The quantitative estimate of drug-likeness (QED) is 0.584. The maximum atomic E-state index is 9.40. The molecule has 5 nitrogen and oxygen atoms in total. The molecule has 2 aromatic heterocycles. The third-order valence-corrected chi connectivity index (χ3v) is 4.31. The van der Waals surface area contributed by atoms with Crippen LogP contribution in [0.4, 0.5) is 0 Å². The van der Waals surface area contributed by atoms with Gasteiger partial charge in [-0.25, -0.2) is 9.97 Å². The van der Waals surface area contributed by atoms with Crippen LogP contribution in [0, 0.1) is 0 Å². The Kier molecular flexibility index (Phi) is 3.44. The molecule has 0 bridgehead atoms. The van der Waals surface area contributed by atoms with Gasteiger partial charge in [-0.3, -0.25) is 0 Å². The van der Waals surface area contributed by atoms with E-state index >= 15 is 0 Å². The van der Waals surface area contributed by atoms with Gasteiger partial charge in [0.1, 0.15) is 12.1 Å². The van der Waals surface area contributed by atoms with Crippen molar-refractivity contribution in [3.05, 3.63) is 67.0 Å². The van der Waals surface area contributed by atoms with Crippen LogP contribution in [-0.4, -0.2) is 24.7 Å². The van der Waals surface area contributed by atoms with E-state index in [2.05, 4.69) is 10.1 Å². The maximum absolute atomic E-state index is 9.40. The molecule has 0 fully saturated rings. The van der Waals surface area contributed by atoms with Crippen LogP contribution in [0.3, 0.4) is 0 Å². The van der Waals surface area contributed by atoms with E-state index in [9.17, 15) is 5.11 Å². The fraction of sp³-hybridized carbons (Fsp3) is 0. The molecule has 4 rings (SSSR count). The second-order valence-electron chi connectivity index (χ2n) is 4.92. The first-order valence-corrected chi connectivity index (χ1v) is 7.84. The van der Waals surface area contributed by atoms with Gasteiger partial charge in [0, 0.05) is 16.5 Å². The van der Waals surface area contributed by atoms with E-state index in [1.807, 2.05) is 48.5 Å². The van der Waals surface area contributed by atoms with Crippen molar-refractivity contribution in [3.8, 4) is 17.0 Å². The first kappa shape index (κ1) is 13.8. The summed E-state index contributed by atoms with van der Waals surface area (Å²) in [6.45, 7) is 0. The summed E-state index contributed by atoms with van der Waals surface area (Å²) in [4.78, 5) is 9.97. The largest absolute Gasteiger partial charge is 0.508 e. The summed E-state index contributed by atoms with van der Waals surface area (Å²) in [5.74, 6) is 0.242. The van der Waals surface area contributed by atoms with E-state index in [1.54, 1.807) is 16.6 Å². The first-order valence-electron chi connectivity index (χ1n) is 7.03. The highest BCUT2D eigenvalue weighted by molar-refractivity contribution is 7.99. The van der Waals surface area contributed by atoms with Gasteiger partial charge < -0.3 is 5.11 Å². The fourth-order valence-electron chi connectivity index (χ4n) is 2.24. The van der Waals surface area contributed by atoms with Crippen molar-refractivity contribution in [3.63, 3.8) is 0 Å². The molecule has 0 saturated heterocycles. The zero-order valence-corrected chi connectivity index (χ0v) is 12.8. The van der Waals surface area contributed by atoms with Crippen molar-refractivity contribution in [1.29, 1.82) is 0 Å². The Hall–Kier alpha value is -2.86. The molecule has 0 amide bonds. The van der Waals surface area contributed by atoms with E-state index < -0.39 is 0 Å². The van der Waals surface area contributed by atoms with Crippen molar-refractivity contribution in [2.45, 2.75) is 10.1 Å². The van der Waals surface area contributed by atoms with E-state index in [0.29, 0.717) is 0 Å². The van der Waals surface area contributed by atoms with Gasteiger partial charge in [-0.05, 0) is 36.0 Å². The predicted octanol–water partition coefficient (Wildman–Crippen LogP) is 3.65. The van der Waals surface area contributed by atoms with Gasteiger partial charge in [-0.1, -0.05) is 30.3 Å². The topological polar surface area (TPSA) is 63.3 Å². The number of nitrogens with zero attached hydrogens (tertiary/aromatic N) is 4. The van der Waals surface area contributed by atoms with E-state index in [4.69, 9.17) is 4.98 Å². The molecule has 0 aliphatic rings. The van der Waals surface area contributed by atoms with Gasteiger partial charge in [0.2, 0.25) is 0 Å². The average molecular weight is 320 g/mol. The summed E-state index contributed by atoms with van der Waals surface area (Å²) < 4.78 is 1.71. The Morgan fingerprint density at radius 3 is 2.52 bits per heavy atom. The minimum absolute atomic E-state index is 0.242. The van der Waals surface area contributed by atoms with Crippen LogP contribution in [0.2, 0.25) is 0 Å². The van der Waals surface area contributed by atoms with Gasteiger partial charge in [0.15, 0.2) is 10.8 Å². The maximum Gasteiger partial charge on any atom is 0.196 e. The molecule has 2 aromatic carbocycles. The summed E-state index contributed by atoms with van der Waals surface area (Å²) in [6.07, 6.45) is 1.52. The lowest BCUT2D eigenvalue weighted by molar-refractivity contribution is 0.475. The third kappa shape index (κ3) is 2.76. The summed E-state index contributed by atoms with van der Waals surface area (Å²) in [5, 5.41) is 14.4. The van der Waals surface area contributed by atoms with Crippen molar-refractivity contribution < 1.29 is 5.11 Å². The number of hydrogen-bond donors (Lipinski definition) is 1. The standard InChI is InChI=1S/C17H12N4OS/c22-13-6-8-14(9-7-13)23-17-20-15(12-4-2-1-3-5-12)10-16-18-11-19-21(16)17/h1-11,22H. The average Bonchev–Trinajstić information content (AvgIpc) is 3.06. The predicted molar refractivity (Wildman–Crippen MR) is 88.4 cm³/mol. The summed E-state index contributed by atoms with van der Waals surface area (Å²) in [5.41, 5.74) is 2.64. The van der Waals surface area contributed by atoms with Crippen molar-refractivity contribution >= 4 is 17.4 Å². The Bertz CT molecular complexity index is 951. The Labute approximate surface area is 136 Å². The molecule has 0 spiro atoms. The minimum Gasteiger partial charge on any atom is -0.508 e. The summed E-state index contributed by atoms with van der Waals surface area (Å²) in [6, 6.07) is 18.9. The number of benzene rings is 2. The van der Waals surface area contributed by atoms with Gasteiger partial charge in [-0.2, -0.15) is 9.61 Å². The molecule has 0 atom stereocenters. The molecular weight excluding hydrogens is 308 g/mol. The molecular formula is C17H12N4OS. The van der Waals surface area contributed by atoms with Gasteiger partial charge in [0.05, 0.1) is 5.69 Å². The molecule has 112 valence electrons. The normalized spacial score (nSPS) is 11.0. The van der Waals surface area contributed by atoms with Crippen molar-refractivity contribution in [1.82, 2.24) is 19.6 Å². The van der Waals surface area contributed by atoms with Crippen molar-refractivity contribution in [2.75, 3.05) is 0 Å². The first-order chi connectivity index (χ1) is 11.3. The molecule has 1 N–H and O–H groups in total. The van der Waals surface area contributed by atoms with E-state index in [0.717, 1.165) is 27.0 Å². The van der Waals surface area contributed by atoms with Crippen molar-refractivity contribution in [2.24, 2.45) is 0 Å². The molecule has 0 unspecified atom stereocenters. The van der Waals surface area contributed by atoms with Crippen LogP contribution in [0.5, 0.6) is 5.75 Å². The lowest BCUT2D eigenvalue weighted by Crippen LogP contribution is -1.98. The number of phenols is 1. The van der Waals surface area contributed by atoms with Crippen LogP contribution in [0.25, 0.3) is 16.9 Å². The van der Waals surface area contributed by atoms with Gasteiger partial charge >= 0.3 is 0 Å². The molecule has 2 heterocycles. The van der Waals surface area contributed by atoms with Gasteiger partial charge in [0.25, 0.3) is 0 Å². The molecule has 0 radical (unpaired) electrons. The zero-order chi connectivity index (χ0) is 15.6. The fourth-order valence-corrected chi connectivity index (χ4v) is 3.10. The number of aromatic nitrogens is 4. The number of fused-ring (bicyclic) bond motifs is 1. The minimum atomic E-state index is 0.242. The molecule has 0 aliphatic heterocycles. The molecule has 0 aliphatic carbocycles. The third-order valence-electron chi connectivity index (χ3n) is 3.35. The van der Waals surface area contributed by atoms with E-state index in [1.165, 1.54) is 18.1 Å². The highest BCUT2D eigenvalue weighted by atomic mass is 32.2. The van der Waals surface area contributed by atoms with E-state index in [-0.39, 0.29) is 5.75 Å². The summed E-state index contributed by atoms with van der Waals surface area (Å²) >= 11 is 1.48. The van der Waals surface area contributed by atoms with Crippen LogP contribution in [0.15, 0.2) is 77.0 Å². The number of aromatic hydroxyl groups is 1. The Balaban J connectivity index is 1.81. The molecule has 23 heavy (non-hydrogen) atoms. The molecule has 0 saturated carbocycles. The SMILES string of the molecule is Oc1ccc(Sc2nc(-c3ccccc3)cc3ncnn23)cc1. The second kappa shape index (κ2) is 5.73. The number of phenolic OH excluding ortho intramolecular Hbond substituents is 1. The second-order valence-corrected chi connectivity index (χ2v) is 5.96. The molecule has 6 heteroatoms. The lowest BCUT2D eigenvalue weighted by atomic mass is 10.1. The Morgan fingerprint density at radius 2 is 1.74 bits per heavy atom.